The molecule has 1 aliphatic carbocycles. The van der Waals surface area contributed by atoms with E-state index in [1.807, 2.05) is 6.92 Å². The minimum Gasteiger partial charge on any atom is -0.347 e. The maximum atomic E-state index is 12.8. The Labute approximate surface area is 157 Å². The zero-order valence-corrected chi connectivity index (χ0v) is 16.5. The lowest BCUT2D eigenvalue weighted by atomic mass is 9.95. The van der Waals surface area contributed by atoms with Crippen LogP contribution in [0.2, 0.25) is 0 Å². The van der Waals surface area contributed by atoms with Gasteiger partial charge in [-0.2, -0.15) is 0 Å². The summed E-state index contributed by atoms with van der Waals surface area (Å²) in [7, 11) is 0. The van der Waals surface area contributed by atoms with Gasteiger partial charge in [-0.3, -0.25) is 9.59 Å². The van der Waals surface area contributed by atoms with Crippen LogP contribution in [0.15, 0.2) is 10.1 Å². The van der Waals surface area contributed by atoms with E-state index in [0.29, 0.717) is 23.5 Å². The quantitative estimate of drug-likeness (QED) is 0.753. The van der Waals surface area contributed by atoms with Crippen molar-refractivity contribution >= 4 is 55.4 Å². The molecule has 0 saturated heterocycles. The van der Waals surface area contributed by atoms with E-state index >= 15 is 0 Å². The van der Waals surface area contributed by atoms with Crippen LogP contribution >= 0.6 is 38.6 Å². The van der Waals surface area contributed by atoms with Crippen LogP contribution < -0.4 is 10.6 Å². The Hall–Kier alpha value is -1.25. The summed E-state index contributed by atoms with van der Waals surface area (Å²) < 4.78 is 0.801. The summed E-state index contributed by atoms with van der Waals surface area (Å²) in [5, 5.41) is 6.56. The first-order valence-electron chi connectivity index (χ1n) is 7.91. The molecule has 0 saturated carbocycles. The molecule has 2 aromatic heterocycles. The Morgan fingerprint density at radius 3 is 2.79 bits per heavy atom. The first kappa shape index (κ1) is 17.6. The second-order valence-electron chi connectivity index (χ2n) is 5.58. The summed E-state index contributed by atoms with van der Waals surface area (Å²) in [6.07, 6.45) is 6.28. The topological polar surface area (TPSA) is 71.1 Å². The van der Waals surface area contributed by atoms with Gasteiger partial charge in [0, 0.05) is 22.4 Å². The monoisotopic (exact) mass is 427 g/mol. The molecular weight excluding hydrogens is 410 g/mol. The maximum absolute atomic E-state index is 12.8. The van der Waals surface area contributed by atoms with Gasteiger partial charge in [-0.05, 0) is 47.2 Å². The molecule has 2 N–H and O–H groups in total. The second kappa shape index (κ2) is 7.76. The summed E-state index contributed by atoms with van der Waals surface area (Å²) in [5.41, 5.74) is 1.76. The molecule has 0 aromatic carbocycles. The number of fused-ring (bicyclic) bond motifs is 1. The van der Waals surface area contributed by atoms with Crippen LogP contribution in [0.5, 0.6) is 0 Å². The molecular formula is C16H18BrN3O2S2. The number of amides is 2. The zero-order chi connectivity index (χ0) is 17.1. The third-order valence-electron chi connectivity index (χ3n) is 3.92. The van der Waals surface area contributed by atoms with Crippen molar-refractivity contribution in [2.45, 2.75) is 45.6 Å². The van der Waals surface area contributed by atoms with Gasteiger partial charge < -0.3 is 10.6 Å². The Morgan fingerprint density at radius 1 is 1.29 bits per heavy atom. The normalized spacial score (nSPS) is 13.4. The van der Waals surface area contributed by atoms with Crippen molar-refractivity contribution in [1.29, 1.82) is 0 Å². The van der Waals surface area contributed by atoms with Gasteiger partial charge in [0.15, 0.2) is 3.92 Å². The van der Waals surface area contributed by atoms with Gasteiger partial charge >= 0.3 is 0 Å². The fourth-order valence-electron chi connectivity index (χ4n) is 2.73. The highest BCUT2D eigenvalue weighted by molar-refractivity contribution is 9.11. The lowest BCUT2D eigenvalue weighted by Crippen LogP contribution is -2.25. The number of nitrogens with one attached hydrogen (secondary N) is 2. The Bertz CT molecular complexity index is 769. The van der Waals surface area contributed by atoms with Gasteiger partial charge in [0.25, 0.3) is 5.91 Å². The van der Waals surface area contributed by atoms with Crippen molar-refractivity contribution < 1.29 is 9.59 Å². The van der Waals surface area contributed by atoms with Crippen LogP contribution in [0.25, 0.3) is 0 Å². The van der Waals surface area contributed by atoms with Gasteiger partial charge in [-0.25, -0.2) is 4.98 Å². The molecule has 24 heavy (non-hydrogen) atoms. The Balaban J connectivity index is 1.82. The Morgan fingerprint density at radius 2 is 2.08 bits per heavy atom. The number of hydrogen-bond acceptors (Lipinski definition) is 5. The highest BCUT2D eigenvalue weighted by Gasteiger charge is 2.26. The van der Waals surface area contributed by atoms with E-state index in [9.17, 15) is 9.59 Å². The van der Waals surface area contributed by atoms with Crippen molar-refractivity contribution in [2.75, 3.05) is 5.32 Å². The number of hydrogen-bond donors (Lipinski definition) is 2. The molecule has 2 aromatic rings. The molecule has 0 atom stereocenters. The molecule has 1 aliphatic rings. The lowest BCUT2D eigenvalue weighted by Gasteiger charge is -2.13. The van der Waals surface area contributed by atoms with Gasteiger partial charge in [0.2, 0.25) is 5.91 Å². The largest absolute Gasteiger partial charge is 0.347 e. The summed E-state index contributed by atoms with van der Waals surface area (Å²) in [4.78, 5) is 30.9. The summed E-state index contributed by atoms with van der Waals surface area (Å²) in [6, 6.07) is 0. The van der Waals surface area contributed by atoms with Crippen LogP contribution in [0.3, 0.4) is 0 Å². The van der Waals surface area contributed by atoms with Crippen LogP contribution in [0.1, 0.15) is 51.9 Å². The number of aromatic nitrogens is 1. The molecule has 0 radical (unpaired) electrons. The summed E-state index contributed by atoms with van der Waals surface area (Å²) in [5.74, 6) is -0.181. The van der Waals surface area contributed by atoms with Gasteiger partial charge in [0.05, 0.1) is 12.1 Å². The number of thiazole rings is 1. The molecule has 2 heterocycles. The number of halogens is 1. The van der Waals surface area contributed by atoms with Crippen LogP contribution in [0.4, 0.5) is 5.00 Å². The van der Waals surface area contributed by atoms with E-state index in [2.05, 4.69) is 31.5 Å². The number of rotatable bonds is 5. The fraction of sp³-hybridized carbons (Fsp3) is 0.438. The average molecular weight is 428 g/mol. The molecule has 5 nitrogen and oxygen atoms in total. The van der Waals surface area contributed by atoms with E-state index in [1.54, 1.807) is 17.5 Å². The Kier molecular flexibility index (Phi) is 5.68. The van der Waals surface area contributed by atoms with E-state index in [4.69, 9.17) is 0 Å². The number of nitrogens with zero attached hydrogens (tertiary/aromatic N) is 1. The van der Waals surface area contributed by atoms with Crippen molar-refractivity contribution in [3.05, 3.63) is 31.0 Å². The lowest BCUT2D eigenvalue weighted by molar-refractivity contribution is -0.115. The van der Waals surface area contributed by atoms with Gasteiger partial charge in [-0.1, -0.05) is 6.92 Å². The molecule has 8 heteroatoms. The van der Waals surface area contributed by atoms with Crippen LogP contribution in [-0.4, -0.2) is 16.8 Å². The number of carbonyl (C=O) groups is 2. The summed E-state index contributed by atoms with van der Waals surface area (Å²) >= 11 is 6.37. The highest BCUT2D eigenvalue weighted by Crippen LogP contribution is 2.38. The first-order chi connectivity index (χ1) is 11.6. The van der Waals surface area contributed by atoms with Crippen molar-refractivity contribution in [2.24, 2.45) is 0 Å². The van der Waals surface area contributed by atoms with E-state index in [0.717, 1.165) is 40.0 Å². The molecule has 0 bridgehead atoms. The smallest absolute Gasteiger partial charge is 0.254 e. The average Bonchev–Trinajstić information content (AvgIpc) is 3.15. The van der Waals surface area contributed by atoms with Crippen molar-refractivity contribution in [3.8, 4) is 0 Å². The predicted molar refractivity (Wildman–Crippen MR) is 101 cm³/mol. The van der Waals surface area contributed by atoms with Gasteiger partial charge in [0.1, 0.15) is 5.00 Å². The third-order valence-corrected chi connectivity index (χ3v) is 6.60. The fourth-order valence-corrected chi connectivity index (χ4v) is 5.33. The predicted octanol–water partition coefficient (Wildman–Crippen LogP) is 4.12. The maximum Gasteiger partial charge on any atom is 0.254 e. The SMILES string of the molecule is CCC(=O)Nc1sc2c(c1C(=O)NCc1cnc(Br)s1)CCCC2. The van der Waals surface area contributed by atoms with Crippen molar-refractivity contribution in [1.82, 2.24) is 10.3 Å². The van der Waals surface area contributed by atoms with E-state index < -0.39 is 0 Å². The van der Waals surface area contributed by atoms with Crippen LogP contribution in [0, 0.1) is 0 Å². The molecule has 0 spiro atoms. The molecule has 3 rings (SSSR count). The molecule has 2 amide bonds. The van der Waals surface area contributed by atoms with E-state index in [-0.39, 0.29) is 11.8 Å². The first-order valence-corrected chi connectivity index (χ1v) is 10.3. The molecule has 0 fully saturated rings. The minimum atomic E-state index is -0.120. The number of anilines is 1. The highest BCUT2D eigenvalue weighted by atomic mass is 79.9. The van der Waals surface area contributed by atoms with Crippen molar-refractivity contribution in [3.63, 3.8) is 0 Å². The number of thiophene rings is 1. The summed E-state index contributed by atoms with van der Waals surface area (Å²) in [6.45, 7) is 2.25. The van der Waals surface area contributed by atoms with Crippen LogP contribution in [-0.2, 0) is 24.2 Å². The van der Waals surface area contributed by atoms with E-state index in [1.165, 1.54) is 16.2 Å². The van der Waals surface area contributed by atoms with Gasteiger partial charge in [-0.15, -0.1) is 22.7 Å². The molecule has 0 unspecified atom stereocenters. The second-order valence-corrected chi connectivity index (χ2v) is 9.08. The third kappa shape index (κ3) is 3.87. The molecule has 128 valence electrons. The molecule has 0 aliphatic heterocycles. The number of aryl methyl sites for hydroxylation is 1. The number of carbonyl (C=O) groups excluding carboxylic acids is 2. The zero-order valence-electron chi connectivity index (χ0n) is 13.3. The minimum absolute atomic E-state index is 0.0611. The standard InChI is InChI=1S/C16H18BrN3O2S2/c1-2-12(21)20-15-13(10-5-3-4-6-11(10)24-15)14(22)18-7-9-8-19-16(17)23-9/h8H,2-7H2,1H3,(H,18,22)(H,20,21).